The number of anilines is 3. The summed E-state index contributed by atoms with van der Waals surface area (Å²) in [4.78, 5) is 2.52. The molecule has 1 spiro atoms. The minimum Gasteiger partial charge on any atom is -0.310 e. The number of rotatable bonds is 3. The summed E-state index contributed by atoms with van der Waals surface area (Å²) in [6.07, 6.45) is 5.02. The Balaban J connectivity index is 1.26. The minimum absolute atomic E-state index is 0.112. The van der Waals surface area contributed by atoms with Gasteiger partial charge in [0, 0.05) is 22.2 Å². The van der Waals surface area contributed by atoms with Gasteiger partial charge in [0.2, 0.25) is 0 Å². The van der Waals surface area contributed by atoms with E-state index in [1.807, 2.05) is 0 Å². The molecule has 8 aromatic carbocycles. The molecule has 46 heavy (non-hydrogen) atoms. The van der Waals surface area contributed by atoms with Crippen molar-refractivity contribution in [3.8, 4) is 11.1 Å². The fourth-order valence-electron chi connectivity index (χ4n) is 8.89. The van der Waals surface area contributed by atoms with Crippen LogP contribution in [0.25, 0.3) is 54.2 Å². The van der Waals surface area contributed by atoms with Gasteiger partial charge in [-0.05, 0) is 103 Å². The van der Waals surface area contributed by atoms with E-state index in [4.69, 9.17) is 0 Å². The molecule has 1 nitrogen and oxygen atoms in total. The largest absolute Gasteiger partial charge is 0.310 e. The van der Waals surface area contributed by atoms with Gasteiger partial charge in [-0.1, -0.05) is 134 Å². The maximum Gasteiger partial charge on any atom is 0.0546 e. The molecule has 0 unspecified atom stereocenters. The van der Waals surface area contributed by atoms with E-state index in [1.165, 1.54) is 108 Å². The van der Waals surface area contributed by atoms with Crippen LogP contribution in [0.1, 0.15) is 36.8 Å². The van der Waals surface area contributed by atoms with E-state index in [9.17, 15) is 0 Å². The lowest BCUT2D eigenvalue weighted by atomic mass is 9.76. The van der Waals surface area contributed by atoms with Crippen molar-refractivity contribution in [2.24, 2.45) is 0 Å². The second kappa shape index (κ2) is 9.80. The van der Waals surface area contributed by atoms with Crippen LogP contribution in [0.15, 0.2) is 152 Å². The molecule has 0 bridgehead atoms. The summed E-state index contributed by atoms with van der Waals surface area (Å²) >= 11 is 0. The third-order valence-corrected chi connectivity index (χ3v) is 10.9. The molecule has 0 N–H and O–H groups in total. The quantitative estimate of drug-likeness (QED) is 0.186. The highest BCUT2D eigenvalue weighted by molar-refractivity contribution is 6.15. The van der Waals surface area contributed by atoms with Crippen LogP contribution in [0.4, 0.5) is 17.1 Å². The fraction of sp³-hybridized carbons (Fsp3) is 0.111. The third-order valence-electron chi connectivity index (χ3n) is 10.9. The van der Waals surface area contributed by atoms with Gasteiger partial charge in [0.1, 0.15) is 0 Å². The van der Waals surface area contributed by atoms with Crippen LogP contribution in [-0.4, -0.2) is 0 Å². The first kappa shape index (κ1) is 25.9. The maximum atomic E-state index is 2.54. The molecule has 2 aliphatic rings. The van der Waals surface area contributed by atoms with Gasteiger partial charge in [-0.25, -0.2) is 0 Å². The molecule has 8 aromatic rings. The molecule has 0 heterocycles. The molecule has 0 amide bonds. The SMILES string of the molecule is c1ccc2c(c1)-c1ccc(N(c3ccc4c(ccc5ccccc54)c3)c3cc4ccccc4c4ccccc34)cc1C21CCCC1. The minimum atomic E-state index is 0.112. The second-order valence-electron chi connectivity index (χ2n) is 13.3. The molecule has 1 heteroatoms. The van der Waals surface area contributed by atoms with Crippen LogP contribution in [0.2, 0.25) is 0 Å². The lowest BCUT2D eigenvalue weighted by molar-refractivity contribution is 0.550. The van der Waals surface area contributed by atoms with Gasteiger partial charge in [0.15, 0.2) is 0 Å². The van der Waals surface area contributed by atoms with Crippen molar-refractivity contribution in [1.82, 2.24) is 0 Å². The van der Waals surface area contributed by atoms with Gasteiger partial charge >= 0.3 is 0 Å². The number of hydrogen-bond acceptors (Lipinski definition) is 1. The van der Waals surface area contributed by atoms with Crippen molar-refractivity contribution >= 4 is 60.2 Å². The van der Waals surface area contributed by atoms with Gasteiger partial charge in [0.25, 0.3) is 0 Å². The summed E-state index contributed by atoms with van der Waals surface area (Å²) in [5, 5.41) is 10.2. The Bertz CT molecular complexity index is 2500. The normalized spacial score (nSPS) is 14.8. The summed E-state index contributed by atoms with van der Waals surface area (Å²) in [5.74, 6) is 0. The number of benzene rings is 8. The van der Waals surface area contributed by atoms with E-state index in [1.54, 1.807) is 0 Å². The molecule has 10 rings (SSSR count). The Morgan fingerprint density at radius 3 is 1.80 bits per heavy atom. The summed E-state index contributed by atoms with van der Waals surface area (Å²) in [7, 11) is 0. The Labute approximate surface area is 269 Å². The molecule has 0 radical (unpaired) electrons. The summed E-state index contributed by atoms with van der Waals surface area (Å²) < 4.78 is 0. The van der Waals surface area contributed by atoms with E-state index in [2.05, 4.69) is 157 Å². The smallest absolute Gasteiger partial charge is 0.0546 e. The van der Waals surface area contributed by atoms with E-state index >= 15 is 0 Å². The average molecular weight is 588 g/mol. The first-order valence-corrected chi connectivity index (χ1v) is 16.7. The predicted octanol–water partition coefficient (Wildman–Crippen LogP) is 12.6. The van der Waals surface area contributed by atoms with Gasteiger partial charge < -0.3 is 4.90 Å². The third kappa shape index (κ3) is 3.63. The standard InChI is InChI=1S/C45H33N/c1-3-13-35-30(11-1)19-20-32-27-33(21-23-37(32)35)46(44-28-31-12-2-4-14-36(31)38-15-5-6-17-41(38)44)34-22-24-40-39-16-7-8-18-42(39)45(43(40)29-34)25-9-10-26-45/h1-8,11-24,27-29H,9-10,25-26H2. The van der Waals surface area contributed by atoms with Crippen molar-refractivity contribution in [3.63, 3.8) is 0 Å². The fourth-order valence-corrected chi connectivity index (χ4v) is 8.89. The van der Waals surface area contributed by atoms with Gasteiger partial charge in [-0.2, -0.15) is 0 Å². The summed E-state index contributed by atoms with van der Waals surface area (Å²) in [6.45, 7) is 0. The van der Waals surface area contributed by atoms with Crippen molar-refractivity contribution in [3.05, 3.63) is 163 Å². The van der Waals surface area contributed by atoms with Crippen LogP contribution >= 0.6 is 0 Å². The Kier molecular flexibility index (Phi) is 5.51. The van der Waals surface area contributed by atoms with E-state index < -0.39 is 0 Å². The van der Waals surface area contributed by atoms with Gasteiger partial charge in [-0.15, -0.1) is 0 Å². The van der Waals surface area contributed by atoms with Crippen LogP contribution in [0.3, 0.4) is 0 Å². The lowest BCUT2D eigenvalue weighted by Crippen LogP contribution is -2.21. The summed E-state index contributed by atoms with van der Waals surface area (Å²) in [6, 6.07) is 56.9. The van der Waals surface area contributed by atoms with Crippen molar-refractivity contribution in [1.29, 1.82) is 0 Å². The zero-order valence-corrected chi connectivity index (χ0v) is 25.7. The molecular weight excluding hydrogens is 555 g/mol. The molecule has 1 saturated carbocycles. The first-order valence-electron chi connectivity index (χ1n) is 16.7. The molecule has 1 fully saturated rings. The van der Waals surface area contributed by atoms with Crippen LogP contribution in [-0.2, 0) is 5.41 Å². The first-order chi connectivity index (χ1) is 22.8. The zero-order valence-electron chi connectivity index (χ0n) is 25.7. The number of fused-ring (bicyclic) bond motifs is 11. The monoisotopic (exact) mass is 587 g/mol. The van der Waals surface area contributed by atoms with Crippen molar-refractivity contribution < 1.29 is 0 Å². The molecule has 2 aliphatic carbocycles. The summed E-state index contributed by atoms with van der Waals surface area (Å²) in [5.41, 5.74) is 9.59. The van der Waals surface area contributed by atoms with E-state index in [0.29, 0.717) is 0 Å². The van der Waals surface area contributed by atoms with Crippen LogP contribution < -0.4 is 4.90 Å². The van der Waals surface area contributed by atoms with E-state index in [-0.39, 0.29) is 5.41 Å². The number of nitrogens with zero attached hydrogens (tertiary/aromatic N) is 1. The van der Waals surface area contributed by atoms with Gasteiger partial charge in [-0.3, -0.25) is 0 Å². The molecule has 0 saturated heterocycles. The zero-order chi connectivity index (χ0) is 30.2. The maximum absolute atomic E-state index is 2.54. The Morgan fingerprint density at radius 2 is 0.957 bits per heavy atom. The van der Waals surface area contributed by atoms with Gasteiger partial charge in [0.05, 0.1) is 5.69 Å². The highest BCUT2D eigenvalue weighted by Crippen LogP contribution is 2.58. The topological polar surface area (TPSA) is 3.24 Å². The second-order valence-corrected chi connectivity index (χ2v) is 13.3. The molecule has 0 aliphatic heterocycles. The Hall–Kier alpha value is -5.40. The molecule has 0 atom stereocenters. The lowest BCUT2D eigenvalue weighted by Gasteiger charge is -2.31. The highest BCUT2D eigenvalue weighted by atomic mass is 15.1. The predicted molar refractivity (Wildman–Crippen MR) is 196 cm³/mol. The van der Waals surface area contributed by atoms with Crippen LogP contribution in [0.5, 0.6) is 0 Å². The van der Waals surface area contributed by atoms with Crippen molar-refractivity contribution in [2.75, 3.05) is 4.90 Å². The molecule has 0 aromatic heterocycles. The Morgan fingerprint density at radius 1 is 0.391 bits per heavy atom. The molecular formula is C45H33N. The van der Waals surface area contributed by atoms with Crippen LogP contribution in [0, 0.1) is 0 Å². The average Bonchev–Trinajstić information content (AvgIpc) is 3.72. The molecule has 218 valence electrons. The highest BCUT2D eigenvalue weighted by Gasteiger charge is 2.45. The van der Waals surface area contributed by atoms with Crippen molar-refractivity contribution in [2.45, 2.75) is 31.1 Å². The number of hydrogen-bond donors (Lipinski definition) is 0. The van der Waals surface area contributed by atoms with E-state index in [0.717, 1.165) is 0 Å².